The number of benzene rings is 1. The summed E-state index contributed by atoms with van der Waals surface area (Å²) in [5, 5.41) is 3.29. The third kappa shape index (κ3) is 5.04. The van der Waals surface area contributed by atoms with Crippen LogP contribution in [0.4, 0.5) is 0 Å². The molecule has 0 aliphatic carbocycles. The van der Waals surface area contributed by atoms with Gasteiger partial charge in [-0.25, -0.2) is 9.97 Å². The van der Waals surface area contributed by atoms with Gasteiger partial charge in [0.1, 0.15) is 12.4 Å². The summed E-state index contributed by atoms with van der Waals surface area (Å²) in [6, 6.07) is 9.61. The lowest BCUT2D eigenvalue weighted by Crippen LogP contribution is -2.21. The van der Waals surface area contributed by atoms with Crippen LogP contribution in [-0.2, 0) is 6.54 Å². The van der Waals surface area contributed by atoms with Gasteiger partial charge in [-0.05, 0) is 32.0 Å². The minimum atomic E-state index is 0.578. The van der Waals surface area contributed by atoms with Crippen LogP contribution in [0.15, 0.2) is 36.5 Å². The number of rotatable bonds is 8. The Kier molecular flexibility index (Phi) is 5.97. The Balaban J connectivity index is 1.72. The van der Waals surface area contributed by atoms with E-state index in [2.05, 4.69) is 15.3 Å². The van der Waals surface area contributed by atoms with Crippen molar-refractivity contribution in [2.45, 2.75) is 20.4 Å². The summed E-state index contributed by atoms with van der Waals surface area (Å²) in [7, 11) is 0. The highest BCUT2D eigenvalue weighted by Crippen LogP contribution is 2.25. The normalized spacial score (nSPS) is 10.4. The number of nitrogens with zero attached hydrogens (tertiary/aromatic N) is 2. The van der Waals surface area contributed by atoms with E-state index in [0.717, 1.165) is 29.6 Å². The molecule has 0 saturated carbocycles. The first-order valence-electron chi connectivity index (χ1n) is 7.13. The van der Waals surface area contributed by atoms with E-state index in [4.69, 9.17) is 9.47 Å². The quantitative estimate of drug-likeness (QED) is 0.755. The topological polar surface area (TPSA) is 56.3 Å². The lowest BCUT2D eigenvalue weighted by molar-refractivity contribution is 0.275. The molecule has 0 aliphatic heterocycles. The molecule has 1 aromatic carbocycles. The van der Waals surface area contributed by atoms with Crippen molar-refractivity contribution < 1.29 is 9.47 Å². The smallest absolute Gasteiger partial charge is 0.161 e. The molecule has 0 fully saturated rings. The van der Waals surface area contributed by atoms with Gasteiger partial charge in [-0.2, -0.15) is 0 Å². The van der Waals surface area contributed by atoms with Crippen LogP contribution in [-0.4, -0.2) is 29.7 Å². The zero-order valence-electron chi connectivity index (χ0n) is 12.5. The van der Waals surface area contributed by atoms with Crippen molar-refractivity contribution in [3.05, 3.63) is 48.0 Å². The number of para-hydroxylation sites is 2. The van der Waals surface area contributed by atoms with Gasteiger partial charge < -0.3 is 14.8 Å². The zero-order valence-corrected chi connectivity index (χ0v) is 12.5. The van der Waals surface area contributed by atoms with Gasteiger partial charge in [-0.3, -0.25) is 0 Å². The highest BCUT2D eigenvalue weighted by Gasteiger charge is 2.02. The number of aryl methyl sites for hydroxylation is 1. The minimum absolute atomic E-state index is 0.578. The maximum Gasteiger partial charge on any atom is 0.161 e. The molecule has 0 saturated heterocycles. The van der Waals surface area contributed by atoms with E-state index in [-0.39, 0.29) is 0 Å². The zero-order chi connectivity index (χ0) is 14.9. The number of hydrogen-bond acceptors (Lipinski definition) is 5. The molecule has 5 nitrogen and oxygen atoms in total. The Labute approximate surface area is 125 Å². The van der Waals surface area contributed by atoms with Crippen LogP contribution < -0.4 is 14.8 Å². The molecular weight excluding hydrogens is 266 g/mol. The van der Waals surface area contributed by atoms with Gasteiger partial charge >= 0.3 is 0 Å². The highest BCUT2D eigenvalue weighted by molar-refractivity contribution is 5.39. The third-order valence-electron chi connectivity index (χ3n) is 2.83. The van der Waals surface area contributed by atoms with Crippen molar-refractivity contribution in [1.29, 1.82) is 0 Å². The Hall–Kier alpha value is -2.14. The first kappa shape index (κ1) is 15.3. The van der Waals surface area contributed by atoms with E-state index in [1.54, 1.807) is 6.20 Å². The highest BCUT2D eigenvalue weighted by atomic mass is 16.5. The molecule has 0 atom stereocenters. The summed E-state index contributed by atoms with van der Waals surface area (Å²) in [4.78, 5) is 8.41. The van der Waals surface area contributed by atoms with Gasteiger partial charge in [-0.15, -0.1) is 0 Å². The lowest BCUT2D eigenvalue weighted by atomic mass is 10.3. The molecule has 2 aromatic rings. The fraction of sp³-hybridized carbons (Fsp3) is 0.375. The van der Waals surface area contributed by atoms with Crippen molar-refractivity contribution in [2.24, 2.45) is 0 Å². The van der Waals surface area contributed by atoms with E-state index in [9.17, 15) is 0 Å². The van der Waals surface area contributed by atoms with Crippen LogP contribution in [0.3, 0.4) is 0 Å². The molecular formula is C16H21N3O2. The molecule has 0 spiro atoms. The van der Waals surface area contributed by atoms with Gasteiger partial charge in [0.05, 0.1) is 12.3 Å². The standard InChI is InChI=1S/C16H21N3O2/c1-3-20-15-6-4-5-7-16(15)21-11-10-17-12-14-8-9-18-13(2)19-14/h4-9,17H,3,10-12H2,1-2H3. The predicted octanol–water partition coefficient (Wildman–Crippen LogP) is 2.35. The van der Waals surface area contributed by atoms with Gasteiger partial charge in [0.25, 0.3) is 0 Å². The third-order valence-corrected chi connectivity index (χ3v) is 2.83. The second-order valence-electron chi connectivity index (χ2n) is 4.50. The van der Waals surface area contributed by atoms with E-state index >= 15 is 0 Å². The van der Waals surface area contributed by atoms with Gasteiger partial charge in [0.2, 0.25) is 0 Å². The largest absolute Gasteiger partial charge is 0.490 e. The summed E-state index contributed by atoms with van der Waals surface area (Å²) in [5.41, 5.74) is 0.984. The number of aromatic nitrogens is 2. The number of ether oxygens (including phenoxy) is 2. The van der Waals surface area contributed by atoms with Crippen LogP contribution in [0.2, 0.25) is 0 Å². The van der Waals surface area contributed by atoms with Crippen molar-refractivity contribution in [3.63, 3.8) is 0 Å². The van der Waals surface area contributed by atoms with E-state index in [0.29, 0.717) is 19.8 Å². The molecule has 0 amide bonds. The van der Waals surface area contributed by atoms with Crippen molar-refractivity contribution >= 4 is 0 Å². The fourth-order valence-electron chi connectivity index (χ4n) is 1.90. The molecule has 5 heteroatoms. The van der Waals surface area contributed by atoms with E-state index in [1.165, 1.54) is 0 Å². The summed E-state index contributed by atoms with van der Waals surface area (Å²) >= 11 is 0. The van der Waals surface area contributed by atoms with Crippen LogP contribution in [0.1, 0.15) is 18.4 Å². The molecule has 1 N–H and O–H groups in total. The molecule has 0 aliphatic rings. The first-order chi connectivity index (χ1) is 10.3. The molecule has 0 unspecified atom stereocenters. The first-order valence-corrected chi connectivity index (χ1v) is 7.13. The van der Waals surface area contributed by atoms with Crippen LogP contribution >= 0.6 is 0 Å². The van der Waals surface area contributed by atoms with Crippen molar-refractivity contribution in [2.75, 3.05) is 19.8 Å². The average Bonchev–Trinajstić information content (AvgIpc) is 2.49. The Morgan fingerprint density at radius 3 is 2.57 bits per heavy atom. The minimum Gasteiger partial charge on any atom is -0.490 e. The van der Waals surface area contributed by atoms with Crippen molar-refractivity contribution in [1.82, 2.24) is 15.3 Å². The Morgan fingerprint density at radius 2 is 1.86 bits per heavy atom. The SMILES string of the molecule is CCOc1ccccc1OCCNCc1ccnc(C)n1. The summed E-state index contributed by atoms with van der Waals surface area (Å²) in [6.07, 6.45) is 1.77. The van der Waals surface area contributed by atoms with Crippen LogP contribution in [0.25, 0.3) is 0 Å². The molecule has 0 bridgehead atoms. The fourth-order valence-corrected chi connectivity index (χ4v) is 1.90. The van der Waals surface area contributed by atoms with Gasteiger partial charge in [0.15, 0.2) is 11.5 Å². The maximum atomic E-state index is 5.73. The number of hydrogen-bond donors (Lipinski definition) is 1. The molecule has 1 aromatic heterocycles. The average molecular weight is 287 g/mol. The molecule has 21 heavy (non-hydrogen) atoms. The summed E-state index contributed by atoms with van der Waals surface area (Å²) in [6.45, 7) is 6.50. The summed E-state index contributed by atoms with van der Waals surface area (Å²) in [5.74, 6) is 2.35. The van der Waals surface area contributed by atoms with Gasteiger partial charge in [-0.1, -0.05) is 12.1 Å². The monoisotopic (exact) mass is 287 g/mol. The maximum absolute atomic E-state index is 5.73. The lowest BCUT2D eigenvalue weighted by Gasteiger charge is -2.11. The Morgan fingerprint density at radius 1 is 1.10 bits per heavy atom. The molecule has 0 radical (unpaired) electrons. The Bertz CT molecular complexity index is 561. The summed E-state index contributed by atoms with van der Waals surface area (Å²) < 4.78 is 11.2. The van der Waals surface area contributed by atoms with E-state index < -0.39 is 0 Å². The van der Waals surface area contributed by atoms with Crippen molar-refractivity contribution in [3.8, 4) is 11.5 Å². The number of nitrogens with one attached hydrogen (secondary N) is 1. The second kappa shape index (κ2) is 8.21. The predicted molar refractivity (Wildman–Crippen MR) is 81.6 cm³/mol. The second-order valence-corrected chi connectivity index (χ2v) is 4.50. The molecule has 1 heterocycles. The van der Waals surface area contributed by atoms with Crippen LogP contribution in [0.5, 0.6) is 11.5 Å². The van der Waals surface area contributed by atoms with Crippen LogP contribution in [0, 0.1) is 6.92 Å². The molecule has 112 valence electrons. The van der Waals surface area contributed by atoms with E-state index in [1.807, 2.05) is 44.2 Å². The molecule has 2 rings (SSSR count). The van der Waals surface area contributed by atoms with Gasteiger partial charge in [0, 0.05) is 19.3 Å².